The van der Waals surface area contributed by atoms with Crippen LogP contribution in [0.2, 0.25) is 0 Å². The van der Waals surface area contributed by atoms with Crippen molar-refractivity contribution in [3.63, 3.8) is 0 Å². The molecule has 0 aromatic heterocycles. The molecule has 0 nitrogen and oxygen atoms in total. The predicted molar refractivity (Wildman–Crippen MR) is 61.4 cm³/mol. The summed E-state index contributed by atoms with van der Waals surface area (Å²) >= 11 is 4.73. The molecule has 0 amide bonds. The summed E-state index contributed by atoms with van der Waals surface area (Å²) in [5.74, 6) is 0. The van der Waals surface area contributed by atoms with E-state index in [1.54, 1.807) is 0 Å². The second-order valence-electron chi connectivity index (χ2n) is 2.35. The van der Waals surface area contributed by atoms with Crippen LogP contribution < -0.4 is 0 Å². The Kier molecular flexibility index (Phi) is 2.97. The smallest absolute Gasteiger partial charge is 0.0162 e. The zero-order valence-electron chi connectivity index (χ0n) is 5.91. The fraction of sp³-hybridized carbons (Fsp3) is 0.250. The molecule has 0 spiro atoms. The molecule has 0 aliphatic rings. The standard InChI is InChI=1S/C8H8I2/c1-5-3-8(10)6(2)4-7(5)9/h3-4H,1-2H3. The highest BCUT2D eigenvalue weighted by Gasteiger charge is 1.97. The van der Waals surface area contributed by atoms with Crippen molar-refractivity contribution < 1.29 is 0 Å². The van der Waals surface area contributed by atoms with Crippen LogP contribution in [0.1, 0.15) is 11.1 Å². The quantitative estimate of drug-likeness (QED) is 0.623. The Balaban J connectivity index is 3.28. The van der Waals surface area contributed by atoms with Crippen LogP contribution in [0.25, 0.3) is 0 Å². The summed E-state index contributed by atoms with van der Waals surface area (Å²) in [6.07, 6.45) is 0. The Bertz CT molecular complexity index is 203. The first-order valence-electron chi connectivity index (χ1n) is 3.03. The minimum Gasteiger partial charge on any atom is -0.0446 e. The summed E-state index contributed by atoms with van der Waals surface area (Å²) in [4.78, 5) is 0. The van der Waals surface area contributed by atoms with Crippen LogP contribution in [0.3, 0.4) is 0 Å². The highest BCUT2D eigenvalue weighted by molar-refractivity contribution is 14.1. The lowest BCUT2D eigenvalue weighted by Crippen LogP contribution is -1.85. The third-order valence-electron chi connectivity index (χ3n) is 1.44. The van der Waals surface area contributed by atoms with E-state index >= 15 is 0 Å². The molecule has 0 radical (unpaired) electrons. The molecule has 0 bridgehead atoms. The number of halogens is 2. The summed E-state index contributed by atoms with van der Waals surface area (Å²) in [6.45, 7) is 4.28. The molecule has 0 atom stereocenters. The average Bonchev–Trinajstić information content (AvgIpc) is 1.84. The van der Waals surface area contributed by atoms with Gasteiger partial charge >= 0.3 is 0 Å². The van der Waals surface area contributed by atoms with Crippen LogP contribution in [0, 0.1) is 21.0 Å². The van der Waals surface area contributed by atoms with Gasteiger partial charge in [0, 0.05) is 7.14 Å². The third-order valence-corrected chi connectivity index (χ3v) is 3.76. The maximum Gasteiger partial charge on any atom is 0.0162 e. The van der Waals surface area contributed by atoms with Crippen molar-refractivity contribution in [1.82, 2.24) is 0 Å². The van der Waals surface area contributed by atoms with Crippen molar-refractivity contribution in [2.75, 3.05) is 0 Å². The van der Waals surface area contributed by atoms with E-state index in [0.29, 0.717) is 0 Å². The van der Waals surface area contributed by atoms with Crippen LogP contribution in [0.5, 0.6) is 0 Å². The summed E-state index contributed by atoms with van der Waals surface area (Å²) in [5, 5.41) is 0. The van der Waals surface area contributed by atoms with E-state index in [1.165, 1.54) is 18.3 Å². The minimum atomic E-state index is 1.36. The minimum absolute atomic E-state index is 1.36. The van der Waals surface area contributed by atoms with Gasteiger partial charge in [-0.25, -0.2) is 0 Å². The van der Waals surface area contributed by atoms with E-state index in [0.717, 1.165) is 0 Å². The van der Waals surface area contributed by atoms with Gasteiger partial charge < -0.3 is 0 Å². The highest BCUT2D eigenvalue weighted by Crippen LogP contribution is 2.18. The molecular weight excluding hydrogens is 350 g/mol. The molecule has 0 saturated carbocycles. The molecule has 0 N–H and O–H groups in total. The molecule has 0 aliphatic carbocycles. The zero-order valence-corrected chi connectivity index (χ0v) is 10.2. The molecule has 0 saturated heterocycles. The van der Waals surface area contributed by atoms with Gasteiger partial charge in [-0.05, 0) is 82.3 Å². The van der Waals surface area contributed by atoms with E-state index in [9.17, 15) is 0 Å². The van der Waals surface area contributed by atoms with Crippen molar-refractivity contribution in [3.05, 3.63) is 30.4 Å². The van der Waals surface area contributed by atoms with E-state index < -0.39 is 0 Å². The van der Waals surface area contributed by atoms with E-state index in [2.05, 4.69) is 71.2 Å². The second kappa shape index (κ2) is 3.38. The SMILES string of the molecule is Cc1cc(I)c(C)cc1I. The van der Waals surface area contributed by atoms with Crippen LogP contribution in [0.15, 0.2) is 12.1 Å². The molecule has 1 aromatic rings. The lowest BCUT2D eigenvalue weighted by Gasteiger charge is -2.01. The number of rotatable bonds is 0. The van der Waals surface area contributed by atoms with Gasteiger partial charge in [0.1, 0.15) is 0 Å². The van der Waals surface area contributed by atoms with Gasteiger partial charge in [0.25, 0.3) is 0 Å². The first-order chi connectivity index (χ1) is 4.61. The summed E-state index contributed by atoms with van der Waals surface area (Å²) < 4.78 is 2.71. The Morgan fingerprint density at radius 1 is 0.900 bits per heavy atom. The van der Waals surface area contributed by atoms with Gasteiger partial charge in [-0.1, -0.05) is 0 Å². The van der Waals surface area contributed by atoms with Crippen molar-refractivity contribution in [1.29, 1.82) is 0 Å². The number of aryl methyl sites for hydroxylation is 2. The van der Waals surface area contributed by atoms with Crippen molar-refractivity contribution in [3.8, 4) is 0 Å². The molecule has 0 fully saturated rings. The third kappa shape index (κ3) is 1.84. The predicted octanol–water partition coefficient (Wildman–Crippen LogP) is 3.51. The van der Waals surface area contributed by atoms with Crippen LogP contribution in [0.4, 0.5) is 0 Å². The topological polar surface area (TPSA) is 0 Å². The van der Waals surface area contributed by atoms with Gasteiger partial charge in [-0.15, -0.1) is 0 Å². The molecule has 1 aromatic carbocycles. The van der Waals surface area contributed by atoms with Gasteiger partial charge in [0.05, 0.1) is 0 Å². The Morgan fingerprint density at radius 3 is 1.50 bits per heavy atom. The monoisotopic (exact) mass is 358 g/mol. The summed E-state index contributed by atoms with van der Waals surface area (Å²) in [6, 6.07) is 4.44. The number of hydrogen-bond donors (Lipinski definition) is 0. The Hall–Kier alpha value is 0.680. The zero-order chi connectivity index (χ0) is 7.72. The molecule has 2 heteroatoms. The fourth-order valence-electron chi connectivity index (χ4n) is 0.746. The van der Waals surface area contributed by atoms with Gasteiger partial charge in [0.15, 0.2) is 0 Å². The Morgan fingerprint density at radius 2 is 1.20 bits per heavy atom. The molecular formula is C8H8I2. The lowest BCUT2D eigenvalue weighted by molar-refractivity contribution is 1.33. The van der Waals surface area contributed by atoms with Crippen LogP contribution in [-0.2, 0) is 0 Å². The van der Waals surface area contributed by atoms with E-state index in [1.807, 2.05) is 0 Å². The summed E-state index contributed by atoms with van der Waals surface area (Å²) in [5.41, 5.74) is 2.74. The normalized spacial score (nSPS) is 10.0. The average molecular weight is 358 g/mol. The molecule has 0 unspecified atom stereocenters. The molecule has 10 heavy (non-hydrogen) atoms. The van der Waals surface area contributed by atoms with Crippen molar-refractivity contribution in [2.45, 2.75) is 13.8 Å². The maximum absolute atomic E-state index is 2.36. The van der Waals surface area contributed by atoms with E-state index in [-0.39, 0.29) is 0 Å². The Labute approximate surface area is 88.7 Å². The van der Waals surface area contributed by atoms with Gasteiger partial charge in [0.2, 0.25) is 0 Å². The first-order valence-corrected chi connectivity index (χ1v) is 5.19. The van der Waals surface area contributed by atoms with Gasteiger partial charge in [-0.2, -0.15) is 0 Å². The van der Waals surface area contributed by atoms with Crippen LogP contribution >= 0.6 is 45.2 Å². The van der Waals surface area contributed by atoms with Gasteiger partial charge in [-0.3, -0.25) is 0 Å². The number of benzene rings is 1. The molecule has 0 aliphatic heterocycles. The largest absolute Gasteiger partial charge is 0.0446 e. The fourth-order valence-corrected chi connectivity index (χ4v) is 1.99. The highest BCUT2D eigenvalue weighted by atomic mass is 127. The van der Waals surface area contributed by atoms with E-state index in [4.69, 9.17) is 0 Å². The molecule has 0 heterocycles. The maximum atomic E-state index is 2.36. The summed E-state index contributed by atoms with van der Waals surface area (Å²) in [7, 11) is 0. The van der Waals surface area contributed by atoms with Crippen LogP contribution in [-0.4, -0.2) is 0 Å². The number of hydrogen-bond acceptors (Lipinski definition) is 0. The van der Waals surface area contributed by atoms with Crippen molar-refractivity contribution >= 4 is 45.2 Å². The second-order valence-corrected chi connectivity index (χ2v) is 4.67. The lowest BCUT2D eigenvalue weighted by atomic mass is 10.2. The molecule has 54 valence electrons. The van der Waals surface area contributed by atoms with Crippen molar-refractivity contribution in [2.24, 2.45) is 0 Å². The molecule has 1 rings (SSSR count). The first kappa shape index (κ1) is 8.77.